The molecule has 24 heavy (non-hydrogen) atoms. The summed E-state index contributed by atoms with van der Waals surface area (Å²) in [6.45, 7) is 0.0675. The smallest absolute Gasteiger partial charge is 0.416 e. The van der Waals surface area contributed by atoms with E-state index in [9.17, 15) is 18.0 Å². The zero-order valence-corrected chi connectivity index (χ0v) is 13.6. The van der Waals surface area contributed by atoms with E-state index in [-0.39, 0.29) is 11.5 Å². The summed E-state index contributed by atoms with van der Waals surface area (Å²) in [5, 5.41) is 0.948. The van der Waals surface area contributed by atoms with E-state index in [0.29, 0.717) is 15.1 Å². The molecule has 0 fully saturated rings. The van der Waals surface area contributed by atoms with Gasteiger partial charge < -0.3 is 4.74 Å². The first-order valence-electron chi connectivity index (χ1n) is 6.85. The van der Waals surface area contributed by atoms with Gasteiger partial charge in [0.15, 0.2) is 0 Å². The van der Waals surface area contributed by atoms with Crippen molar-refractivity contribution in [2.75, 3.05) is 0 Å². The van der Waals surface area contributed by atoms with Crippen LogP contribution in [0.4, 0.5) is 13.2 Å². The van der Waals surface area contributed by atoms with Crippen LogP contribution in [0.3, 0.4) is 0 Å². The fraction of sp³-hybridized carbons (Fsp3) is 0.118. The first-order chi connectivity index (χ1) is 11.3. The number of esters is 1. The average molecular weight is 371 g/mol. The quantitative estimate of drug-likeness (QED) is 0.534. The molecular weight excluding hydrogens is 361 g/mol. The topological polar surface area (TPSA) is 26.3 Å². The lowest BCUT2D eigenvalue weighted by Crippen LogP contribution is -2.03. The fourth-order valence-corrected chi connectivity index (χ4v) is 3.18. The normalized spacial score (nSPS) is 11.7. The van der Waals surface area contributed by atoms with Crippen LogP contribution in [0.1, 0.15) is 20.8 Å². The highest BCUT2D eigenvalue weighted by atomic mass is 35.5. The van der Waals surface area contributed by atoms with Gasteiger partial charge in [-0.1, -0.05) is 23.7 Å². The van der Waals surface area contributed by atoms with Crippen molar-refractivity contribution >= 4 is 39.0 Å². The number of alkyl halides is 3. The zero-order chi connectivity index (χ0) is 17.3. The molecule has 3 aromatic rings. The molecular formula is C17H10ClF3O2S. The van der Waals surface area contributed by atoms with Crippen LogP contribution in [0.2, 0.25) is 5.02 Å². The molecule has 0 radical (unpaired) electrons. The van der Waals surface area contributed by atoms with Gasteiger partial charge >= 0.3 is 12.1 Å². The van der Waals surface area contributed by atoms with Crippen LogP contribution in [0.15, 0.2) is 48.5 Å². The third-order valence-electron chi connectivity index (χ3n) is 3.33. The molecule has 0 aliphatic carbocycles. The van der Waals surface area contributed by atoms with Crippen molar-refractivity contribution in [3.63, 3.8) is 0 Å². The molecule has 0 spiro atoms. The number of benzene rings is 2. The van der Waals surface area contributed by atoms with Crippen molar-refractivity contribution in [1.29, 1.82) is 0 Å². The highest BCUT2D eigenvalue weighted by molar-refractivity contribution is 7.20. The SMILES string of the molecule is O=C(OCc1ccc(Cl)cc1)c1cc2cc(C(F)(F)F)ccc2s1. The van der Waals surface area contributed by atoms with Crippen molar-refractivity contribution in [1.82, 2.24) is 0 Å². The Morgan fingerprint density at radius 3 is 2.46 bits per heavy atom. The van der Waals surface area contributed by atoms with E-state index in [1.165, 1.54) is 12.1 Å². The summed E-state index contributed by atoms with van der Waals surface area (Å²) in [5.41, 5.74) is 0.0297. The van der Waals surface area contributed by atoms with Gasteiger partial charge in [0.05, 0.1) is 5.56 Å². The van der Waals surface area contributed by atoms with Crippen LogP contribution in [0.5, 0.6) is 0 Å². The second-order valence-electron chi connectivity index (χ2n) is 5.06. The summed E-state index contributed by atoms with van der Waals surface area (Å²) >= 11 is 6.87. The van der Waals surface area contributed by atoms with E-state index in [2.05, 4.69) is 0 Å². The summed E-state index contributed by atoms with van der Waals surface area (Å²) in [6, 6.07) is 11.6. The molecule has 2 aromatic carbocycles. The van der Waals surface area contributed by atoms with Gasteiger partial charge in [0.25, 0.3) is 0 Å². The van der Waals surface area contributed by atoms with Crippen LogP contribution in [0, 0.1) is 0 Å². The van der Waals surface area contributed by atoms with Crippen molar-refractivity contribution in [3.05, 3.63) is 69.6 Å². The molecule has 0 aliphatic rings. The van der Waals surface area contributed by atoms with Crippen LogP contribution in [0.25, 0.3) is 10.1 Å². The van der Waals surface area contributed by atoms with E-state index < -0.39 is 17.7 Å². The Labute approximate surface area is 144 Å². The summed E-state index contributed by atoms with van der Waals surface area (Å²) in [7, 11) is 0. The lowest BCUT2D eigenvalue weighted by molar-refractivity contribution is -0.137. The minimum Gasteiger partial charge on any atom is -0.457 e. The number of carbonyl (C=O) groups excluding carboxylic acids is 1. The Morgan fingerprint density at radius 2 is 1.79 bits per heavy atom. The van der Waals surface area contributed by atoms with Gasteiger partial charge in [-0.2, -0.15) is 13.2 Å². The molecule has 0 unspecified atom stereocenters. The number of thiophene rings is 1. The number of hydrogen-bond donors (Lipinski definition) is 0. The minimum absolute atomic E-state index is 0.0675. The first-order valence-corrected chi connectivity index (χ1v) is 8.05. The predicted molar refractivity (Wildman–Crippen MR) is 87.4 cm³/mol. The summed E-state index contributed by atoms with van der Waals surface area (Å²) < 4.78 is 43.9. The second kappa shape index (κ2) is 6.45. The first kappa shape index (κ1) is 16.8. The molecule has 0 N–H and O–H groups in total. The molecule has 0 atom stereocenters. The van der Waals surface area contributed by atoms with Crippen LogP contribution in [-0.4, -0.2) is 5.97 Å². The molecule has 1 aromatic heterocycles. The van der Waals surface area contributed by atoms with Crippen LogP contribution < -0.4 is 0 Å². The fourth-order valence-electron chi connectivity index (χ4n) is 2.12. The number of fused-ring (bicyclic) bond motifs is 1. The van der Waals surface area contributed by atoms with Gasteiger partial charge in [-0.05, 0) is 47.3 Å². The number of carbonyl (C=O) groups is 1. The van der Waals surface area contributed by atoms with E-state index in [1.54, 1.807) is 24.3 Å². The molecule has 0 bridgehead atoms. The van der Waals surface area contributed by atoms with Crippen LogP contribution >= 0.6 is 22.9 Å². The Hall–Kier alpha value is -2.05. The molecule has 2 nitrogen and oxygen atoms in total. The number of ether oxygens (including phenoxy) is 1. The summed E-state index contributed by atoms with van der Waals surface area (Å²) in [4.78, 5) is 12.3. The van der Waals surface area contributed by atoms with Gasteiger partial charge in [-0.15, -0.1) is 11.3 Å². The highest BCUT2D eigenvalue weighted by Gasteiger charge is 2.30. The molecule has 0 saturated heterocycles. The number of halogens is 4. The van der Waals surface area contributed by atoms with Gasteiger partial charge in [-0.3, -0.25) is 0 Å². The third-order valence-corrected chi connectivity index (χ3v) is 4.68. The molecule has 3 rings (SSSR count). The van der Waals surface area contributed by atoms with Crippen LogP contribution in [-0.2, 0) is 17.5 Å². The van der Waals surface area contributed by atoms with E-state index in [0.717, 1.165) is 29.0 Å². The predicted octanol–water partition coefficient (Wildman–Crippen LogP) is 5.93. The molecule has 0 saturated carbocycles. The maximum atomic E-state index is 12.7. The third kappa shape index (κ3) is 3.71. The molecule has 0 amide bonds. The van der Waals surface area contributed by atoms with Gasteiger partial charge in [-0.25, -0.2) is 4.79 Å². The van der Waals surface area contributed by atoms with Crippen molar-refractivity contribution in [3.8, 4) is 0 Å². The monoisotopic (exact) mass is 370 g/mol. The second-order valence-corrected chi connectivity index (χ2v) is 6.58. The minimum atomic E-state index is -4.41. The highest BCUT2D eigenvalue weighted by Crippen LogP contribution is 2.34. The Bertz CT molecular complexity index is 885. The van der Waals surface area contributed by atoms with Crippen molar-refractivity contribution in [2.24, 2.45) is 0 Å². The number of rotatable bonds is 3. The lowest BCUT2D eigenvalue weighted by atomic mass is 10.1. The molecule has 0 aliphatic heterocycles. The van der Waals surface area contributed by atoms with Gasteiger partial charge in [0.2, 0.25) is 0 Å². The standard InChI is InChI=1S/C17H10ClF3O2S/c18-13-4-1-10(2-5-13)9-23-16(22)15-8-11-7-12(17(19,20)21)3-6-14(11)24-15/h1-8H,9H2. The maximum Gasteiger partial charge on any atom is 0.416 e. The molecule has 124 valence electrons. The number of hydrogen-bond acceptors (Lipinski definition) is 3. The van der Waals surface area contributed by atoms with Crippen molar-refractivity contribution in [2.45, 2.75) is 12.8 Å². The largest absolute Gasteiger partial charge is 0.457 e. The van der Waals surface area contributed by atoms with E-state index in [4.69, 9.17) is 16.3 Å². The Morgan fingerprint density at radius 1 is 1.08 bits per heavy atom. The van der Waals surface area contributed by atoms with Crippen molar-refractivity contribution < 1.29 is 22.7 Å². The average Bonchev–Trinajstić information content (AvgIpc) is 2.96. The van der Waals surface area contributed by atoms with Gasteiger partial charge in [0.1, 0.15) is 11.5 Å². The Balaban J connectivity index is 1.76. The zero-order valence-electron chi connectivity index (χ0n) is 12.1. The van der Waals surface area contributed by atoms with E-state index in [1.807, 2.05) is 0 Å². The summed E-state index contributed by atoms with van der Waals surface area (Å²) in [5.74, 6) is -0.570. The molecule has 7 heteroatoms. The van der Waals surface area contributed by atoms with E-state index >= 15 is 0 Å². The summed E-state index contributed by atoms with van der Waals surface area (Å²) in [6.07, 6.45) is -4.41. The van der Waals surface area contributed by atoms with Gasteiger partial charge in [0, 0.05) is 9.72 Å². The maximum absolute atomic E-state index is 12.7. The lowest BCUT2D eigenvalue weighted by Gasteiger charge is -2.05. The molecule has 1 heterocycles. The Kier molecular flexibility index (Phi) is 4.51.